The zero-order chi connectivity index (χ0) is 14.2. The molecular weight excluding hydrogens is 288 g/mol. The molecule has 0 spiro atoms. The van der Waals surface area contributed by atoms with Crippen LogP contribution in [0.1, 0.15) is 0 Å². The Balaban J connectivity index is 1.78. The van der Waals surface area contributed by atoms with Crippen molar-refractivity contribution in [1.29, 1.82) is 0 Å². The lowest BCUT2D eigenvalue weighted by atomic mass is 10.2. The van der Waals surface area contributed by atoms with E-state index in [0.29, 0.717) is 11.4 Å². The molecule has 102 valence electrons. The van der Waals surface area contributed by atoms with Gasteiger partial charge >= 0.3 is 0 Å². The van der Waals surface area contributed by atoms with Crippen molar-refractivity contribution in [3.63, 3.8) is 0 Å². The number of thiophene rings is 1. The van der Waals surface area contributed by atoms with E-state index < -0.39 is 0 Å². The summed E-state index contributed by atoms with van der Waals surface area (Å²) in [5, 5.41) is 15.7. The molecule has 4 aromatic rings. The maximum absolute atomic E-state index is 9.76. The Bertz CT molecular complexity index is 931. The molecule has 0 aliphatic rings. The third-order valence-corrected chi connectivity index (χ3v) is 3.87. The lowest BCUT2D eigenvalue weighted by Crippen LogP contribution is -1.84. The van der Waals surface area contributed by atoms with Crippen LogP contribution in [0.5, 0.6) is 5.75 Å². The van der Waals surface area contributed by atoms with Crippen LogP contribution in [-0.4, -0.2) is 25.2 Å². The van der Waals surface area contributed by atoms with Gasteiger partial charge in [0.15, 0.2) is 0 Å². The maximum atomic E-state index is 9.76. The molecule has 4 aromatic heterocycles. The molecule has 0 unspecified atom stereocenters. The van der Waals surface area contributed by atoms with Gasteiger partial charge in [-0.1, -0.05) is 5.16 Å². The molecule has 6 nitrogen and oxygen atoms in total. The number of nitrogens with zero attached hydrogens (tertiary/aromatic N) is 4. The Morgan fingerprint density at radius 1 is 1.19 bits per heavy atom. The highest BCUT2D eigenvalue weighted by molar-refractivity contribution is 7.17. The highest BCUT2D eigenvalue weighted by Crippen LogP contribution is 2.29. The number of fused-ring (bicyclic) bond motifs is 1. The van der Waals surface area contributed by atoms with E-state index in [2.05, 4.69) is 20.1 Å². The monoisotopic (exact) mass is 296 g/mol. The number of aromatic hydroxyl groups is 1. The summed E-state index contributed by atoms with van der Waals surface area (Å²) in [4.78, 5) is 12.5. The van der Waals surface area contributed by atoms with Crippen molar-refractivity contribution >= 4 is 21.6 Å². The third-order valence-electron chi connectivity index (χ3n) is 3.02. The van der Waals surface area contributed by atoms with Gasteiger partial charge in [-0.05, 0) is 23.6 Å². The van der Waals surface area contributed by atoms with Crippen molar-refractivity contribution in [3.8, 4) is 28.6 Å². The van der Waals surface area contributed by atoms with Crippen molar-refractivity contribution < 1.29 is 9.63 Å². The van der Waals surface area contributed by atoms with E-state index in [9.17, 15) is 5.11 Å². The molecule has 0 aliphatic heterocycles. The summed E-state index contributed by atoms with van der Waals surface area (Å²) in [5.41, 5.74) is 2.17. The minimum absolute atomic E-state index is 0.000432. The molecule has 0 bridgehead atoms. The number of hydrogen-bond donors (Lipinski definition) is 1. The molecule has 0 fully saturated rings. The predicted octanol–water partition coefficient (Wildman–Crippen LogP) is 3.11. The Kier molecular flexibility index (Phi) is 2.65. The van der Waals surface area contributed by atoms with Crippen LogP contribution >= 0.6 is 11.3 Å². The van der Waals surface area contributed by atoms with Gasteiger partial charge in [-0.2, -0.15) is 4.98 Å². The molecular formula is C14H8N4O2S. The second-order valence-electron chi connectivity index (χ2n) is 4.34. The molecule has 0 aliphatic carbocycles. The molecule has 21 heavy (non-hydrogen) atoms. The minimum atomic E-state index is -0.000432. The van der Waals surface area contributed by atoms with Gasteiger partial charge in [-0.3, -0.25) is 9.97 Å². The van der Waals surface area contributed by atoms with Crippen LogP contribution in [0.15, 0.2) is 46.7 Å². The third kappa shape index (κ3) is 2.03. The minimum Gasteiger partial charge on any atom is -0.505 e. The lowest BCUT2D eigenvalue weighted by Gasteiger charge is -1.96. The number of pyridine rings is 2. The molecule has 0 radical (unpaired) electrons. The fourth-order valence-electron chi connectivity index (χ4n) is 1.99. The van der Waals surface area contributed by atoms with Gasteiger partial charge in [0.2, 0.25) is 5.82 Å². The van der Waals surface area contributed by atoms with E-state index in [4.69, 9.17) is 4.52 Å². The number of aromatic nitrogens is 4. The highest BCUT2D eigenvalue weighted by Gasteiger charge is 2.14. The van der Waals surface area contributed by atoms with E-state index in [-0.39, 0.29) is 11.6 Å². The Morgan fingerprint density at radius 2 is 2.14 bits per heavy atom. The first-order chi connectivity index (χ1) is 10.3. The van der Waals surface area contributed by atoms with Gasteiger partial charge in [0.25, 0.3) is 5.89 Å². The molecule has 4 rings (SSSR count). The Labute approximate surface area is 122 Å². The average molecular weight is 296 g/mol. The summed E-state index contributed by atoms with van der Waals surface area (Å²) in [6.45, 7) is 0. The van der Waals surface area contributed by atoms with Gasteiger partial charge < -0.3 is 9.63 Å². The second-order valence-corrected chi connectivity index (χ2v) is 5.29. The molecule has 4 heterocycles. The van der Waals surface area contributed by atoms with E-state index in [1.807, 2.05) is 17.5 Å². The van der Waals surface area contributed by atoms with Crippen molar-refractivity contribution in [3.05, 3.63) is 42.2 Å². The lowest BCUT2D eigenvalue weighted by molar-refractivity contribution is 0.425. The fraction of sp³-hybridized carbons (Fsp3) is 0. The van der Waals surface area contributed by atoms with Crippen molar-refractivity contribution in [2.24, 2.45) is 0 Å². The molecule has 0 saturated carbocycles. The summed E-state index contributed by atoms with van der Waals surface area (Å²) in [6.07, 6.45) is 4.59. The molecule has 0 atom stereocenters. The maximum Gasteiger partial charge on any atom is 0.262 e. The van der Waals surface area contributed by atoms with E-state index in [0.717, 1.165) is 15.8 Å². The van der Waals surface area contributed by atoms with E-state index in [1.165, 1.54) is 6.20 Å². The van der Waals surface area contributed by atoms with Crippen molar-refractivity contribution in [2.75, 3.05) is 0 Å². The summed E-state index contributed by atoms with van der Waals surface area (Å²) < 4.78 is 6.27. The van der Waals surface area contributed by atoms with Crippen LogP contribution in [0.2, 0.25) is 0 Å². The zero-order valence-corrected chi connectivity index (χ0v) is 11.4. The Hall–Kier alpha value is -2.80. The van der Waals surface area contributed by atoms with E-state index in [1.54, 1.807) is 29.8 Å². The standard InChI is InChI=1S/C14H8N4O2S/c19-11-7-15-3-1-9(11)14-17-13(18-20-14)8-5-12-10(16-6-8)2-4-21-12/h1-7,19H. The van der Waals surface area contributed by atoms with Gasteiger partial charge in [0, 0.05) is 18.0 Å². The first-order valence-electron chi connectivity index (χ1n) is 6.12. The molecule has 0 aromatic carbocycles. The van der Waals surface area contributed by atoms with Gasteiger partial charge in [-0.25, -0.2) is 0 Å². The van der Waals surface area contributed by atoms with Gasteiger partial charge in [0.1, 0.15) is 5.75 Å². The topological polar surface area (TPSA) is 84.9 Å². The molecule has 0 amide bonds. The molecule has 7 heteroatoms. The first-order valence-corrected chi connectivity index (χ1v) is 7.00. The van der Waals surface area contributed by atoms with Gasteiger partial charge in [-0.15, -0.1) is 11.3 Å². The van der Waals surface area contributed by atoms with Crippen LogP contribution in [0.25, 0.3) is 33.1 Å². The highest BCUT2D eigenvalue weighted by atomic mass is 32.1. The predicted molar refractivity (Wildman–Crippen MR) is 77.8 cm³/mol. The first kappa shape index (κ1) is 12.0. The molecule has 0 saturated heterocycles. The summed E-state index contributed by atoms with van der Waals surface area (Å²) >= 11 is 1.60. The largest absolute Gasteiger partial charge is 0.505 e. The Morgan fingerprint density at radius 3 is 3.05 bits per heavy atom. The molecule has 1 N–H and O–H groups in total. The number of rotatable bonds is 2. The SMILES string of the molecule is Oc1cnccc1-c1nc(-c2cnc3ccsc3c2)no1. The average Bonchev–Trinajstić information content (AvgIpc) is 3.16. The van der Waals surface area contributed by atoms with Crippen LogP contribution in [-0.2, 0) is 0 Å². The van der Waals surface area contributed by atoms with Crippen molar-refractivity contribution in [1.82, 2.24) is 20.1 Å². The van der Waals surface area contributed by atoms with E-state index >= 15 is 0 Å². The second kappa shape index (κ2) is 4.64. The van der Waals surface area contributed by atoms with Crippen LogP contribution in [0.3, 0.4) is 0 Å². The smallest absolute Gasteiger partial charge is 0.262 e. The summed E-state index contributed by atoms with van der Waals surface area (Å²) in [7, 11) is 0. The summed E-state index contributed by atoms with van der Waals surface area (Å²) in [5.74, 6) is 0.680. The quantitative estimate of drug-likeness (QED) is 0.611. The zero-order valence-electron chi connectivity index (χ0n) is 10.6. The normalized spacial score (nSPS) is 11.0. The van der Waals surface area contributed by atoms with Crippen molar-refractivity contribution in [2.45, 2.75) is 0 Å². The summed E-state index contributed by atoms with van der Waals surface area (Å²) in [6, 6.07) is 5.54. The van der Waals surface area contributed by atoms with Gasteiger partial charge in [0.05, 0.1) is 22.0 Å². The van der Waals surface area contributed by atoms with Crippen LogP contribution < -0.4 is 0 Å². The number of hydrogen-bond acceptors (Lipinski definition) is 7. The fourth-order valence-corrected chi connectivity index (χ4v) is 2.77. The van der Waals surface area contributed by atoms with Crippen LogP contribution in [0.4, 0.5) is 0 Å². The van der Waals surface area contributed by atoms with Crippen LogP contribution in [0, 0.1) is 0 Å².